The number of nitrogens with zero attached hydrogens (tertiary/aromatic N) is 1. The number of halogens is 2. The number of benzene rings is 1. The number of esters is 1. The molecule has 3 rings (SSSR count). The maximum atomic E-state index is 12.0. The topological polar surface area (TPSA) is 98.5 Å². The predicted octanol–water partition coefficient (Wildman–Crippen LogP) is 4.43. The van der Waals surface area contributed by atoms with Crippen molar-refractivity contribution < 1.29 is 19.2 Å². The Labute approximate surface area is 167 Å². The van der Waals surface area contributed by atoms with Gasteiger partial charge in [-0.3, -0.25) is 19.7 Å². The molecule has 1 amide bonds. The maximum Gasteiger partial charge on any atom is 0.306 e. The van der Waals surface area contributed by atoms with Gasteiger partial charge in [0.05, 0.1) is 10.6 Å². The smallest absolute Gasteiger partial charge is 0.306 e. The number of nitro benzene ring substituents is 1. The lowest BCUT2D eigenvalue weighted by molar-refractivity contribution is -0.385. The van der Waals surface area contributed by atoms with Gasteiger partial charge in [0.2, 0.25) is 0 Å². The highest BCUT2D eigenvalue weighted by atomic mass is 79.9. The van der Waals surface area contributed by atoms with Gasteiger partial charge in [0.1, 0.15) is 0 Å². The first-order valence-corrected chi connectivity index (χ1v) is 10.0. The molecule has 1 aromatic rings. The Morgan fingerprint density at radius 3 is 2.46 bits per heavy atom. The van der Waals surface area contributed by atoms with Crippen LogP contribution in [0, 0.1) is 27.9 Å². The van der Waals surface area contributed by atoms with Crippen LogP contribution < -0.4 is 5.32 Å². The molecule has 9 heteroatoms. The molecule has 0 aliphatic heterocycles. The molecule has 3 atom stereocenters. The third kappa shape index (κ3) is 4.43. The summed E-state index contributed by atoms with van der Waals surface area (Å²) in [6.07, 6.45) is 5.16. The molecule has 2 fully saturated rings. The van der Waals surface area contributed by atoms with Gasteiger partial charge in [-0.2, -0.15) is 0 Å². The number of hydrogen-bond donors (Lipinski definition) is 1. The molecule has 1 N–H and O–H groups in total. The lowest BCUT2D eigenvalue weighted by Gasteiger charge is -2.20. The van der Waals surface area contributed by atoms with Gasteiger partial charge in [-0.25, -0.2) is 0 Å². The summed E-state index contributed by atoms with van der Waals surface area (Å²) in [5.41, 5.74) is 0.240. The first-order chi connectivity index (χ1) is 12.3. The number of non-ortho nitro benzene ring substituents is 1. The van der Waals surface area contributed by atoms with Crippen LogP contribution in [0.5, 0.6) is 0 Å². The molecule has 0 aromatic heterocycles. The molecular formula is C17H18Br2N2O5. The quantitative estimate of drug-likeness (QED) is 0.362. The molecule has 0 heterocycles. The van der Waals surface area contributed by atoms with Crippen molar-refractivity contribution in [3.05, 3.63) is 31.2 Å². The van der Waals surface area contributed by atoms with Gasteiger partial charge in [0.15, 0.2) is 6.61 Å². The molecule has 0 spiro atoms. The zero-order valence-corrected chi connectivity index (χ0v) is 17.0. The second-order valence-electron chi connectivity index (χ2n) is 6.89. The third-order valence-electron chi connectivity index (χ3n) is 5.18. The van der Waals surface area contributed by atoms with Crippen molar-refractivity contribution in [2.24, 2.45) is 17.8 Å². The summed E-state index contributed by atoms with van der Waals surface area (Å²) in [4.78, 5) is 34.3. The highest BCUT2D eigenvalue weighted by Gasteiger charge is 2.40. The number of amides is 1. The number of rotatable bonds is 6. The fourth-order valence-corrected chi connectivity index (χ4v) is 5.37. The highest BCUT2D eigenvalue weighted by Crippen LogP contribution is 2.49. The summed E-state index contributed by atoms with van der Waals surface area (Å²) in [5.74, 6) is 0.940. The van der Waals surface area contributed by atoms with Crippen LogP contribution in [0.3, 0.4) is 0 Å². The number of carbonyl (C=O) groups is 2. The minimum absolute atomic E-state index is 0.112. The Kier molecular flexibility index (Phi) is 5.96. The molecule has 26 heavy (non-hydrogen) atoms. The van der Waals surface area contributed by atoms with E-state index in [0.717, 1.165) is 12.3 Å². The van der Waals surface area contributed by atoms with Gasteiger partial charge >= 0.3 is 5.97 Å². The second kappa shape index (κ2) is 8.04. The van der Waals surface area contributed by atoms with Crippen LogP contribution in [-0.4, -0.2) is 23.4 Å². The highest BCUT2D eigenvalue weighted by molar-refractivity contribution is 9.11. The van der Waals surface area contributed by atoms with Crippen LogP contribution >= 0.6 is 31.9 Å². The van der Waals surface area contributed by atoms with E-state index < -0.39 is 10.8 Å². The number of fused-ring (bicyclic) bond motifs is 2. The van der Waals surface area contributed by atoms with Crippen molar-refractivity contribution in [2.45, 2.75) is 32.1 Å². The van der Waals surface area contributed by atoms with Gasteiger partial charge in [-0.05, 0) is 68.9 Å². The predicted molar refractivity (Wildman–Crippen MR) is 102 cm³/mol. The zero-order chi connectivity index (χ0) is 18.8. The van der Waals surface area contributed by atoms with Crippen molar-refractivity contribution in [1.82, 2.24) is 0 Å². The summed E-state index contributed by atoms with van der Waals surface area (Å²) in [7, 11) is 0. The summed E-state index contributed by atoms with van der Waals surface area (Å²) < 4.78 is 5.82. The molecule has 140 valence electrons. The molecule has 2 aliphatic rings. The minimum atomic E-state index is -0.529. The van der Waals surface area contributed by atoms with Crippen LogP contribution in [0.4, 0.5) is 11.4 Å². The summed E-state index contributed by atoms with van der Waals surface area (Å²) in [5, 5.41) is 13.4. The number of ether oxygens (including phenoxy) is 1. The zero-order valence-electron chi connectivity index (χ0n) is 13.9. The van der Waals surface area contributed by atoms with E-state index in [1.807, 2.05) is 0 Å². The number of carbonyl (C=O) groups excluding carboxylic acids is 2. The van der Waals surface area contributed by atoms with Crippen LogP contribution in [0.15, 0.2) is 21.1 Å². The summed E-state index contributed by atoms with van der Waals surface area (Å²) in [6, 6.07) is 2.59. The molecule has 7 nitrogen and oxygen atoms in total. The first-order valence-electron chi connectivity index (χ1n) is 8.42. The van der Waals surface area contributed by atoms with E-state index in [9.17, 15) is 19.7 Å². The average Bonchev–Trinajstić information content (AvgIpc) is 3.18. The second-order valence-corrected chi connectivity index (χ2v) is 8.60. The van der Waals surface area contributed by atoms with Crippen molar-refractivity contribution in [2.75, 3.05) is 11.9 Å². The Bertz CT molecular complexity index is 732. The Morgan fingerprint density at radius 2 is 1.92 bits per heavy atom. The molecule has 0 unspecified atom stereocenters. The fourth-order valence-electron chi connectivity index (χ4n) is 4.01. The fraction of sp³-hybridized carbons (Fsp3) is 0.529. The number of nitrogens with one attached hydrogen (secondary N) is 1. The van der Waals surface area contributed by atoms with Crippen molar-refractivity contribution in [3.63, 3.8) is 0 Å². The standard InChI is InChI=1S/C17H18Br2N2O5/c18-13-6-12(21(24)25)7-14(19)17(13)20-15(22)8-26-16(23)5-11-4-9-1-2-10(11)3-9/h6-7,9-11H,1-5,8H2,(H,20,22)/t9-,10-,11-/m0/s1. The van der Waals surface area contributed by atoms with Crippen LogP contribution in [0.25, 0.3) is 0 Å². The molecule has 0 saturated heterocycles. The molecule has 1 aromatic carbocycles. The molecule has 2 bridgehead atoms. The lowest BCUT2D eigenvalue weighted by atomic mass is 9.86. The van der Waals surface area contributed by atoms with Gasteiger partial charge in [0, 0.05) is 27.5 Å². The van der Waals surface area contributed by atoms with E-state index in [1.165, 1.54) is 31.4 Å². The van der Waals surface area contributed by atoms with Gasteiger partial charge in [-0.1, -0.05) is 6.42 Å². The Balaban J connectivity index is 1.49. The van der Waals surface area contributed by atoms with Crippen LogP contribution in [0.2, 0.25) is 0 Å². The van der Waals surface area contributed by atoms with Crippen LogP contribution in [0.1, 0.15) is 32.1 Å². The number of hydrogen-bond acceptors (Lipinski definition) is 5. The Hall–Kier alpha value is -1.48. The van der Waals surface area contributed by atoms with Gasteiger partial charge in [-0.15, -0.1) is 0 Å². The monoisotopic (exact) mass is 488 g/mol. The average molecular weight is 490 g/mol. The minimum Gasteiger partial charge on any atom is -0.456 e. The first kappa shape index (κ1) is 19.3. The van der Waals surface area contributed by atoms with E-state index in [-0.39, 0.29) is 18.3 Å². The van der Waals surface area contributed by atoms with Crippen LogP contribution in [-0.2, 0) is 14.3 Å². The molecular weight excluding hydrogens is 472 g/mol. The molecule has 2 saturated carbocycles. The number of anilines is 1. The van der Waals surface area contributed by atoms with Crippen molar-refractivity contribution in [3.8, 4) is 0 Å². The third-order valence-corrected chi connectivity index (χ3v) is 6.43. The van der Waals surface area contributed by atoms with E-state index in [1.54, 1.807) is 0 Å². The lowest BCUT2D eigenvalue weighted by Crippen LogP contribution is -2.23. The summed E-state index contributed by atoms with van der Waals surface area (Å²) >= 11 is 6.39. The Morgan fingerprint density at radius 1 is 1.23 bits per heavy atom. The number of nitro groups is 1. The van der Waals surface area contributed by atoms with Gasteiger partial charge in [0.25, 0.3) is 11.6 Å². The van der Waals surface area contributed by atoms with E-state index in [2.05, 4.69) is 37.2 Å². The normalized spacial score (nSPS) is 23.7. The van der Waals surface area contributed by atoms with Gasteiger partial charge < -0.3 is 10.1 Å². The van der Waals surface area contributed by atoms with E-state index in [4.69, 9.17) is 4.74 Å². The molecule has 0 radical (unpaired) electrons. The maximum absolute atomic E-state index is 12.0. The van der Waals surface area contributed by atoms with E-state index >= 15 is 0 Å². The van der Waals surface area contributed by atoms with E-state index in [0.29, 0.717) is 32.9 Å². The van der Waals surface area contributed by atoms with Crippen molar-refractivity contribution >= 4 is 55.1 Å². The largest absolute Gasteiger partial charge is 0.456 e. The SMILES string of the molecule is O=C(COC(=O)C[C@@H]1C[C@H]2CC[C@H]1C2)Nc1c(Br)cc([N+](=O)[O-])cc1Br. The molecule has 2 aliphatic carbocycles. The summed E-state index contributed by atoms with van der Waals surface area (Å²) in [6.45, 7) is -0.379. The van der Waals surface area contributed by atoms with Crippen molar-refractivity contribution in [1.29, 1.82) is 0 Å².